The average Bonchev–Trinajstić information content (AvgIpc) is 2.73. The minimum Gasteiger partial charge on any atom is -0.440 e. The minimum absolute atomic E-state index is 0.0869. The molecule has 0 bridgehead atoms. The Morgan fingerprint density at radius 2 is 2.12 bits per heavy atom. The summed E-state index contributed by atoms with van der Waals surface area (Å²) in [5, 5.41) is 0. The van der Waals surface area contributed by atoms with E-state index in [9.17, 15) is 8.78 Å². The van der Waals surface area contributed by atoms with Crippen LogP contribution in [0.2, 0.25) is 0 Å². The summed E-state index contributed by atoms with van der Waals surface area (Å²) in [7, 11) is 0. The Kier molecular flexibility index (Phi) is 3.43. The van der Waals surface area contributed by atoms with Crippen LogP contribution in [-0.2, 0) is 6.42 Å². The molecule has 0 saturated heterocycles. The third-order valence-electron chi connectivity index (χ3n) is 2.39. The van der Waals surface area contributed by atoms with Crippen molar-refractivity contribution in [2.24, 2.45) is 0 Å². The maximum atomic E-state index is 13.8. The third-order valence-corrected chi connectivity index (χ3v) is 2.58. The van der Waals surface area contributed by atoms with E-state index in [0.29, 0.717) is 23.8 Å². The van der Waals surface area contributed by atoms with Gasteiger partial charge in [-0.3, -0.25) is 0 Å². The summed E-state index contributed by atoms with van der Waals surface area (Å²) in [6.45, 7) is 1.56. The fourth-order valence-corrected chi connectivity index (χ4v) is 1.67. The van der Waals surface area contributed by atoms with E-state index in [4.69, 9.17) is 16.0 Å². The van der Waals surface area contributed by atoms with E-state index in [-0.39, 0.29) is 11.3 Å². The number of aryl methyl sites for hydroxylation is 2. The Labute approximate surface area is 102 Å². The van der Waals surface area contributed by atoms with Crippen LogP contribution in [0.15, 0.2) is 22.7 Å². The largest absolute Gasteiger partial charge is 0.440 e. The molecular weight excluding hydrogens is 248 g/mol. The summed E-state index contributed by atoms with van der Waals surface area (Å²) in [5.41, 5.74) is 0.176. The lowest BCUT2D eigenvalue weighted by Crippen LogP contribution is -1.92. The van der Waals surface area contributed by atoms with Crippen LogP contribution in [0.5, 0.6) is 0 Å². The van der Waals surface area contributed by atoms with Gasteiger partial charge >= 0.3 is 0 Å². The number of oxazole rings is 1. The Morgan fingerprint density at radius 1 is 1.35 bits per heavy atom. The van der Waals surface area contributed by atoms with Crippen LogP contribution in [0, 0.1) is 18.6 Å². The standard InChI is InChI=1S/C12H10ClF2NO/c1-7-2-3-8(14)11(12(7)15)9-6-16-10(17-9)4-5-13/h2-3,6H,4-5H2,1H3. The van der Waals surface area contributed by atoms with Crippen molar-refractivity contribution in [3.63, 3.8) is 0 Å². The highest BCUT2D eigenvalue weighted by atomic mass is 35.5. The molecule has 0 radical (unpaired) electrons. The van der Waals surface area contributed by atoms with Crippen molar-refractivity contribution in [2.75, 3.05) is 5.88 Å². The number of hydrogen-bond donors (Lipinski definition) is 0. The van der Waals surface area contributed by atoms with Gasteiger partial charge in [-0.2, -0.15) is 0 Å². The molecule has 1 aromatic carbocycles. The van der Waals surface area contributed by atoms with E-state index in [1.54, 1.807) is 6.92 Å². The zero-order valence-corrected chi connectivity index (χ0v) is 9.89. The number of alkyl halides is 1. The number of halogens is 3. The van der Waals surface area contributed by atoms with Crippen LogP contribution in [-0.4, -0.2) is 10.9 Å². The summed E-state index contributed by atoms with van der Waals surface area (Å²) >= 11 is 5.53. The maximum Gasteiger partial charge on any atom is 0.196 e. The minimum atomic E-state index is -0.665. The fourth-order valence-electron chi connectivity index (χ4n) is 1.50. The number of benzene rings is 1. The van der Waals surface area contributed by atoms with Crippen LogP contribution >= 0.6 is 11.6 Å². The Bertz CT molecular complexity index is 539. The molecule has 0 N–H and O–H groups in total. The lowest BCUT2D eigenvalue weighted by Gasteiger charge is -2.03. The van der Waals surface area contributed by atoms with E-state index in [2.05, 4.69) is 4.98 Å². The molecule has 1 aromatic heterocycles. The number of rotatable bonds is 3. The van der Waals surface area contributed by atoms with Gasteiger partial charge in [-0.1, -0.05) is 6.07 Å². The zero-order chi connectivity index (χ0) is 12.4. The fraction of sp³-hybridized carbons (Fsp3) is 0.250. The van der Waals surface area contributed by atoms with Gasteiger partial charge in [0.2, 0.25) is 0 Å². The van der Waals surface area contributed by atoms with Crippen molar-refractivity contribution in [1.82, 2.24) is 4.98 Å². The number of hydrogen-bond acceptors (Lipinski definition) is 2. The molecule has 2 rings (SSSR count). The highest BCUT2D eigenvalue weighted by molar-refractivity contribution is 6.17. The molecule has 17 heavy (non-hydrogen) atoms. The second-order valence-corrected chi connectivity index (χ2v) is 3.99. The molecule has 0 unspecified atom stereocenters. The first-order valence-corrected chi connectivity index (χ1v) is 5.62. The van der Waals surface area contributed by atoms with Gasteiger partial charge in [0.15, 0.2) is 11.7 Å². The molecular formula is C12H10ClF2NO. The Balaban J connectivity index is 2.48. The molecule has 0 fully saturated rings. The van der Waals surface area contributed by atoms with Crippen molar-refractivity contribution in [3.8, 4) is 11.3 Å². The number of aromatic nitrogens is 1. The molecule has 1 heterocycles. The van der Waals surface area contributed by atoms with E-state index < -0.39 is 11.6 Å². The van der Waals surface area contributed by atoms with Crippen molar-refractivity contribution < 1.29 is 13.2 Å². The molecule has 90 valence electrons. The molecule has 0 aliphatic heterocycles. The summed E-state index contributed by atoms with van der Waals surface area (Å²) in [6, 6.07) is 2.59. The first-order chi connectivity index (χ1) is 8.13. The quantitative estimate of drug-likeness (QED) is 0.784. The molecule has 0 spiro atoms. The van der Waals surface area contributed by atoms with Crippen molar-refractivity contribution in [2.45, 2.75) is 13.3 Å². The van der Waals surface area contributed by atoms with Crippen molar-refractivity contribution >= 4 is 11.6 Å². The zero-order valence-electron chi connectivity index (χ0n) is 9.14. The smallest absolute Gasteiger partial charge is 0.196 e. The van der Waals surface area contributed by atoms with Crippen LogP contribution in [0.1, 0.15) is 11.5 Å². The van der Waals surface area contributed by atoms with E-state index >= 15 is 0 Å². The predicted octanol–water partition coefficient (Wildman–Crippen LogP) is 3.71. The van der Waals surface area contributed by atoms with Gasteiger partial charge in [0.1, 0.15) is 11.6 Å². The molecule has 0 aliphatic rings. The Hall–Kier alpha value is -1.42. The highest BCUT2D eigenvalue weighted by Gasteiger charge is 2.17. The molecule has 2 aromatic rings. The lowest BCUT2D eigenvalue weighted by atomic mass is 10.1. The summed E-state index contributed by atoms with van der Waals surface area (Å²) in [6.07, 6.45) is 1.74. The summed E-state index contributed by atoms with van der Waals surface area (Å²) < 4.78 is 32.6. The van der Waals surface area contributed by atoms with Crippen LogP contribution in [0.25, 0.3) is 11.3 Å². The SMILES string of the molecule is Cc1ccc(F)c(-c2cnc(CCCl)o2)c1F. The van der Waals surface area contributed by atoms with Gasteiger partial charge in [-0.15, -0.1) is 11.6 Å². The number of nitrogens with zero attached hydrogens (tertiary/aromatic N) is 1. The van der Waals surface area contributed by atoms with E-state index in [1.807, 2.05) is 0 Å². The monoisotopic (exact) mass is 257 g/mol. The predicted molar refractivity (Wildman–Crippen MR) is 61.0 cm³/mol. The Morgan fingerprint density at radius 3 is 2.82 bits per heavy atom. The molecule has 0 saturated carbocycles. The second-order valence-electron chi connectivity index (χ2n) is 3.61. The molecule has 0 aliphatic carbocycles. The first-order valence-electron chi connectivity index (χ1n) is 5.09. The molecule has 0 atom stereocenters. The highest BCUT2D eigenvalue weighted by Crippen LogP contribution is 2.28. The van der Waals surface area contributed by atoms with Crippen molar-refractivity contribution in [1.29, 1.82) is 0 Å². The van der Waals surface area contributed by atoms with Gasteiger partial charge in [-0.25, -0.2) is 13.8 Å². The van der Waals surface area contributed by atoms with Gasteiger partial charge in [0.05, 0.1) is 11.8 Å². The average molecular weight is 258 g/mol. The van der Waals surface area contributed by atoms with Crippen LogP contribution in [0.3, 0.4) is 0 Å². The van der Waals surface area contributed by atoms with E-state index in [1.165, 1.54) is 18.3 Å². The lowest BCUT2D eigenvalue weighted by molar-refractivity contribution is 0.502. The van der Waals surface area contributed by atoms with E-state index in [0.717, 1.165) is 0 Å². The van der Waals surface area contributed by atoms with Gasteiger partial charge in [-0.05, 0) is 18.6 Å². The van der Waals surface area contributed by atoms with Gasteiger partial charge in [0, 0.05) is 12.3 Å². The second kappa shape index (κ2) is 4.84. The van der Waals surface area contributed by atoms with Gasteiger partial charge < -0.3 is 4.42 Å². The first kappa shape index (κ1) is 12.0. The molecule has 0 amide bonds. The normalized spacial score (nSPS) is 10.8. The summed E-state index contributed by atoms with van der Waals surface area (Å²) in [4.78, 5) is 3.91. The maximum absolute atomic E-state index is 13.8. The third kappa shape index (κ3) is 2.31. The van der Waals surface area contributed by atoms with Crippen molar-refractivity contribution in [3.05, 3.63) is 41.4 Å². The topological polar surface area (TPSA) is 26.0 Å². The molecule has 5 heteroatoms. The molecule has 2 nitrogen and oxygen atoms in total. The van der Waals surface area contributed by atoms with Crippen LogP contribution < -0.4 is 0 Å². The summed E-state index contributed by atoms with van der Waals surface area (Å²) in [5.74, 6) is -0.488. The van der Waals surface area contributed by atoms with Crippen LogP contribution in [0.4, 0.5) is 8.78 Å². The van der Waals surface area contributed by atoms with Gasteiger partial charge in [0.25, 0.3) is 0 Å².